The number of hydrogen-bond acceptors (Lipinski definition) is 4. The van der Waals surface area contributed by atoms with Crippen LogP contribution in [0.4, 0.5) is 11.4 Å². The molecule has 0 aliphatic carbocycles. The molecule has 0 bridgehead atoms. The molecule has 0 radical (unpaired) electrons. The molecule has 2 aliphatic heterocycles. The van der Waals surface area contributed by atoms with E-state index in [0.29, 0.717) is 11.6 Å². The lowest BCUT2D eigenvalue weighted by Crippen LogP contribution is -2.31. The zero-order valence-electron chi connectivity index (χ0n) is 10.2. The second-order valence-corrected chi connectivity index (χ2v) is 5.94. The molecule has 1 fully saturated rings. The third-order valence-corrected chi connectivity index (χ3v) is 4.84. The fourth-order valence-electron chi connectivity index (χ4n) is 2.49. The van der Waals surface area contributed by atoms with Gasteiger partial charge >= 0.3 is 0 Å². The van der Waals surface area contributed by atoms with Crippen LogP contribution < -0.4 is 10.2 Å². The van der Waals surface area contributed by atoms with Crippen LogP contribution in [0.3, 0.4) is 0 Å². The fourth-order valence-corrected chi connectivity index (χ4v) is 3.76. The van der Waals surface area contributed by atoms with Gasteiger partial charge in [-0.2, -0.15) is 11.8 Å². The summed E-state index contributed by atoms with van der Waals surface area (Å²) in [6, 6.07) is 6.33. The number of rotatable bonds is 2. The van der Waals surface area contributed by atoms with Crippen molar-refractivity contribution in [2.24, 2.45) is 0 Å². The Morgan fingerprint density at radius 2 is 2.33 bits per heavy atom. The van der Waals surface area contributed by atoms with Crippen LogP contribution in [-0.2, 0) is 4.79 Å². The van der Waals surface area contributed by atoms with Crippen molar-refractivity contribution < 1.29 is 9.90 Å². The number of aliphatic hydroxyl groups is 1. The molecule has 2 N–H and O–H groups in total. The first kappa shape index (κ1) is 11.9. The van der Waals surface area contributed by atoms with Crippen molar-refractivity contribution in [3.05, 3.63) is 23.8 Å². The van der Waals surface area contributed by atoms with Gasteiger partial charge in [0.05, 0.1) is 0 Å². The van der Waals surface area contributed by atoms with Crippen molar-refractivity contribution in [1.82, 2.24) is 0 Å². The summed E-state index contributed by atoms with van der Waals surface area (Å²) in [6.45, 7) is 0. The number of aliphatic hydroxyl groups excluding tert-OH is 1. The number of benzene rings is 1. The summed E-state index contributed by atoms with van der Waals surface area (Å²) in [7, 11) is 2.09. The second-order valence-electron chi connectivity index (χ2n) is 4.79. The van der Waals surface area contributed by atoms with E-state index in [1.54, 1.807) is 0 Å². The Bertz CT molecular complexity index is 486. The Hall–Kier alpha value is -1.20. The summed E-state index contributed by atoms with van der Waals surface area (Å²) in [4.78, 5) is 13.7. The fraction of sp³-hybridized carbons (Fsp3) is 0.462. The molecule has 0 aromatic heterocycles. The largest absolute Gasteiger partial charge is 0.378 e. The molecule has 4 nitrogen and oxygen atoms in total. The minimum absolute atomic E-state index is 0.332. The third-order valence-electron chi connectivity index (χ3n) is 3.70. The molecular weight excluding hydrogens is 248 g/mol. The number of nitrogens with one attached hydrogen (secondary N) is 1. The van der Waals surface area contributed by atoms with Crippen LogP contribution in [0.15, 0.2) is 18.2 Å². The minimum Gasteiger partial charge on any atom is -0.378 e. The molecule has 18 heavy (non-hydrogen) atoms. The summed E-state index contributed by atoms with van der Waals surface area (Å²) in [5.41, 5.74) is 2.51. The zero-order chi connectivity index (χ0) is 12.7. The first-order valence-corrected chi connectivity index (χ1v) is 7.26. The third kappa shape index (κ3) is 1.87. The van der Waals surface area contributed by atoms with E-state index in [-0.39, 0.29) is 5.91 Å². The summed E-state index contributed by atoms with van der Waals surface area (Å²) in [6.07, 6.45) is 0.189. The van der Waals surface area contributed by atoms with E-state index in [4.69, 9.17) is 0 Å². The normalized spacial score (nSPS) is 26.0. The van der Waals surface area contributed by atoms with E-state index >= 15 is 0 Å². The highest BCUT2D eigenvalue weighted by Gasteiger charge is 2.29. The number of amides is 1. The topological polar surface area (TPSA) is 52.6 Å². The van der Waals surface area contributed by atoms with Crippen molar-refractivity contribution in [2.75, 3.05) is 28.8 Å². The number of carbonyl (C=O) groups excluding carboxylic acids is 1. The van der Waals surface area contributed by atoms with E-state index in [2.05, 4.69) is 17.3 Å². The lowest BCUT2D eigenvalue weighted by Gasteiger charge is -2.26. The summed E-state index contributed by atoms with van der Waals surface area (Å²) in [5, 5.41) is 12.4. The molecular formula is C13H16N2O2S. The molecule has 3 rings (SSSR count). The molecule has 2 heterocycles. The van der Waals surface area contributed by atoms with E-state index in [9.17, 15) is 9.90 Å². The van der Waals surface area contributed by atoms with Crippen LogP contribution in [0.2, 0.25) is 0 Å². The number of anilines is 2. The van der Waals surface area contributed by atoms with E-state index < -0.39 is 6.10 Å². The van der Waals surface area contributed by atoms with Crippen molar-refractivity contribution in [3.63, 3.8) is 0 Å². The minimum atomic E-state index is -1.01. The molecule has 1 aromatic rings. The highest BCUT2D eigenvalue weighted by Crippen LogP contribution is 2.35. The summed E-state index contributed by atoms with van der Waals surface area (Å²) < 4.78 is 0. The smallest absolute Gasteiger partial charge is 0.257 e. The maximum absolute atomic E-state index is 11.4. The van der Waals surface area contributed by atoms with Crippen molar-refractivity contribution >= 4 is 29.0 Å². The number of fused-ring (bicyclic) bond motifs is 1. The molecule has 2 aliphatic rings. The van der Waals surface area contributed by atoms with Crippen molar-refractivity contribution in [3.8, 4) is 0 Å². The van der Waals surface area contributed by atoms with Crippen LogP contribution in [0.1, 0.15) is 18.1 Å². The first-order chi connectivity index (χ1) is 8.66. The molecule has 0 saturated carbocycles. The highest BCUT2D eigenvalue weighted by atomic mass is 32.2. The van der Waals surface area contributed by atoms with Crippen molar-refractivity contribution in [2.45, 2.75) is 18.6 Å². The molecule has 2 atom stereocenters. The number of nitrogens with zero attached hydrogens (tertiary/aromatic N) is 1. The highest BCUT2D eigenvalue weighted by molar-refractivity contribution is 7.99. The van der Waals surface area contributed by atoms with Gasteiger partial charge in [-0.3, -0.25) is 4.79 Å². The predicted molar refractivity (Wildman–Crippen MR) is 74.2 cm³/mol. The average Bonchev–Trinajstić information content (AvgIpc) is 2.98. The van der Waals surface area contributed by atoms with Gasteiger partial charge in [0.25, 0.3) is 5.91 Å². The Kier molecular flexibility index (Phi) is 2.95. The number of carbonyl (C=O) groups is 1. The SMILES string of the molecule is CN(c1ccc2c(c1)NC(=O)C2O)C1CCSC1. The molecule has 1 aromatic carbocycles. The van der Waals surface area contributed by atoms with Crippen molar-refractivity contribution in [1.29, 1.82) is 0 Å². The molecule has 1 saturated heterocycles. The van der Waals surface area contributed by atoms with Gasteiger partial charge in [0, 0.05) is 35.8 Å². The quantitative estimate of drug-likeness (QED) is 0.852. The molecule has 96 valence electrons. The number of hydrogen-bond donors (Lipinski definition) is 2. The van der Waals surface area contributed by atoms with Crippen LogP contribution in [0, 0.1) is 0 Å². The predicted octanol–water partition coefficient (Wildman–Crippen LogP) is 1.61. The van der Waals surface area contributed by atoms with E-state index in [0.717, 1.165) is 17.1 Å². The lowest BCUT2D eigenvalue weighted by atomic mass is 10.1. The Morgan fingerprint density at radius 1 is 1.50 bits per heavy atom. The van der Waals surface area contributed by atoms with Gasteiger partial charge in [0.15, 0.2) is 6.10 Å². The van der Waals surface area contributed by atoms with E-state index in [1.807, 2.05) is 30.0 Å². The maximum atomic E-state index is 11.4. The van der Waals surface area contributed by atoms with Gasteiger partial charge in [0.1, 0.15) is 0 Å². The summed E-state index contributed by atoms with van der Waals surface area (Å²) in [5.74, 6) is 2.04. The molecule has 0 spiro atoms. The Morgan fingerprint density at radius 3 is 3.06 bits per heavy atom. The Balaban J connectivity index is 1.87. The van der Waals surface area contributed by atoms with Gasteiger partial charge < -0.3 is 15.3 Å². The lowest BCUT2D eigenvalue weighted by molar-refractivity contribution is -0.123. The average molecular weight is 264 g/mol. The standard InChI is InChI=1S/C13H16N2O2S/c1-15(9-4-5-18-7-9)8-2-3-10-11(6-8)14-13(17)12(10)16/h2-3,6,9,12,16H,4-5,7H2,1H3,(H,14,17). The van der Waals surface area contributed by atoms with Gasteiger partial charge in [-0.15, -0.1) is 0 Å². The van der Waals surface area contributed by atoms with Crippen LogP contribution in [-0.4, -0.2) is 35.6 Å². The number of thioether (sulfide) groups is 1. The molecule has 5 heteroatoms. The van der Waals surface area contributed by atoms with E-state index in [1.165, 1.54) is 12.2 Å². The van der Waals surface area contributed by atoms with Gasteiger partial charge in [-0.1, -0.05) is 6.07 Å². The van der Waals surface area contributed by atoms with Crippen LogP contribution in [0.25, 0.3) is 0 Å². The maximum Gasteiger partial charge on any atom is 0.257 e. The second kappa shape index (κ2) is 4.48. The zero-order valence-corrected chi connectivity index (χ0v) is 11.0. The van der Waals surface area contributed by atoms with Crippen LogP contribution >= 0.6 is 11.8 Å². The van der Waals surface area contributed by atoms with Gasteiger partial charge in [0.2, 0.25) is 0 Å². The van der Waals surface area contributed by atoms with Crippen LogP contribution in [0.5, 0.6) is 0 Å². The Labute approximate surface area is 110 Å². The van der Waals surface area contributed by atoms with Gasteiger partial charge in [-0.05, 0) is 24.3 Å². The first-order valence-electron chi connectivity index (χ1n) is 6.10. The van der Waals surface area contributed by atoms with Gasteiger partial charge in [-0.25, -0.2) is 0 Å². The molecule has 2 unspecified atom stereocenters. The summed E-state index contributed by atoms with van der Waals surface area (Å²) >= 11 is 1.98. The molecule has 1 amide bonds. The monoisotopic (exact) mass is 264 g/mol.